The topological polar surface area (TPSA) is 36.9 Å². The van der Waals surface area contributed by atoms with Gasteiger partial charge in [0.25, 0.3) is 0 Å². The molecular formula is C25H24O4. The second kappa shape index (κ2) is 9.57. The van der Waals surface area contributed by atoms with Crippen LogP contribution in [0.4, 0.5) is 0 Å². The third-order valence-electron chi connectivity index (χ3n) is 4.60. The number of methoxy groups -OCH3 is 4. The molecule has 0 aromatic heterocycles. The van der Waals surface area contributed by atoms with E-state index >= 15 is 0 Å². The molecule has 0 spiro atoms. The molecule has 4 heteroatoms. The maximum Gasteiger partial charge on any atom is 0.131 e. The third kappa shape index (κ3) is 4.64. The number of hydrogen-bond acceptors (Lipinski definition) is 4. The molecule has 0 amide bonds. The molecule has 0 N–H and O–H groups in total. The van der Waals surface area contributed by atoms with Gasteiger partial charge in [-0.05, 0) is 29.8 Å². The zero-order chi connectivity index (χ0) is 20.6. The molecule has 0 bridgehead atoms. The zero-order valence-corrected chi connectivity index (χ0v) is 17.1. The van der Waals surface area contributed by atoms with Gasteiger partial charge in [-0.15, -0.1) is 0 Å². The predicted molar refractivity (Wildman–Crippen MR) is 114 cm³/mol. The Morgan fingerprint density at radius 1 is 0.655 bits per heavy atom. The summed E-state index contributed by atoms with van der Waals surface area (Å²) in [6.45, 7) is 0. The summed E-state index contributed by atoms with van der Waals surface area (Å²) in [5, 5.41) is 0. The molecule has 0 aliphatic rings. The fourth-order valence-corrected chi connectivity index (χ4v) is 3.14. The van der Waals surface area contributed by atoms with Gasteiger partial charge in [0, 0.05) is 17.7 Å². The van der Waals surface area contributed by atoms with Crippen molar-refractivity contribution in [3.05, 3.63) is 83.4 Å². The Hall–Kier alpha value is -3.58. The first kappa shape index (κ1) is 20.2. The zero-order valence-electron chi connectivity index (χ0n) is 17.1. The lowest BCUT2D eigenvalue weighted by Crippen LogP contribution is -2.05. The van der Waals surface area contributed by atoms with Crippen LogP contribution in [-0.2, 0) is 0 Å². The lowest BCUT2D eigenvalue weighted by Gasteiger charge is -2.20. The molecule has 4 nitrogen and oxygen atoms in total. The fraction of sp³-hybridized carbons (Fsp3) is 0.200. The van der Waals surface area contributed by atoms with Gasteiger partial charge in [0.15, 0.2) is 0 Å². The van der Waals surface area contributed by atoms with Crippen LogP contribution in [0.2, 0.25) is 0 Å². The van der Waals surface area contributed by atoms with Gasteiger partial charge >= 0.3 is 0 Å². The fourth-order valence-electron chi connectivity index (χ4n) is 3.14. The van der Waals surface area contributed by atoms with E-state index in [4.69, 9.17) is 18.9 Å². The Kier molecular flexibility index (Phi) is 6.65. The summed E-state index contributed by atoms with van der Waals surface area (Å²) in [5.74, 6) is 9.11. The predicted octanol–water partition coefficient (Wildman–Crippen LogP) is 4.90. The van der Waals surface area contributed by atoms with Crippen molar-refractivity contribution < 1.29 is 18.9 Å². The van der Waals surface area contributed by atoms with Crippen LogP contribution in [0.3, 0.4) is 0 Å². The van der Waals surface area contributed by atoms with E-state index in [1.54, 1.807) is 28.4 Å². The first-order valence-corrected chi connectivity index (χ1v) is 9.20. The normalized spacial score (nSPS) is 11.0. The third-order valence-corrected chi connectivity index (χ3v) is 4.60. The van der Waals surface area contributed by atoms with Gasteiger partial charge in [-0.25, -0.2) is 0 Å². The molecule has 148 valence electrons. The average Bonchev–Trinajstić information content (AvgIpc) is 2.79. The van der Waals surface area contributed by atoms with Crippen molar-refractivity contribution >= 4 is 0 Å². The van der Waals surface area contributed by atoms with E-state index in [0.29, 0.717) is 17.2 Å². The minimum absolute atomic E-state index is 0.291. The van der Waals surface area contributed by atoms with Crippen molar-refractivity contribution in [2.45, 2.75) is 5.92 Å². The summed E-state index contributed by atoms with van der Waals surface area (Å²) in [7, 11) is 6.52. The van der Waals surface area contributed by atoms with E-state index < -0.39 is 0 Å². The Labute approximate surface area is 172 Å². The molecule has 0 heterocycles. The van der Waals surface area contributed by atoms with Gasteiger partial charge in [0.2, 0.25) is 0 Å². The molecule has 3 aromatic carbocycles. The van der Waals surface area contributed by atoms with E-state index in [2.05, 4.69) is 11.8 Å². The highest BCUT2D eigenvalue weighted by Crippen LogP contribution is 2.42. The molecule has 1 atom stereocenters. The Bertz CT molecular complexity index is 991. The standard InChI is InChI=1S/C25H24O4/c1-26-20-12-8-11-19(15-20)22(14-13-18-9-6-5-7-10-18)25-23(28-3)16-21(27-2)17-24(25)29-4/h5-12,15-17,22H,1-4H3. The molecule has 0 fully saturated rings. The van der Waals surface area contributed by atoms with Crippen molar-refractivity contribution in [2.75, 3.05) is 28.4 Å². The number of benzene rings is 3. The minimum atomic E-state index is -0.291. The molecule has 3 rings (SSSR count). The molecule has 29 heavy (non-hydrogen) atoms. The molecule has 3 aromatic rings. The van der Waals surface area contributed by atoms with Gasteiger partial charge in [-0.3, -0.25) is 0 Å². The summed E-state index contributed by atoms with van der Waals surface area (Å²) >= 11 is 0. The summed E-state index contributed by atoms with van der Waals surface area (Å²) in [5.41, 5.74) is 2.76. The monoisotopic (exact) mass is 388 g/mol. The van der Waals surface area contributed by atoms with Gasteiger partial charge in [-0.2, -0.15) is 0 Å². The summed E-state index contributed by atoms with van der Waals surface area (Å²) in [6, 6.07) is 21.4. The van der Waals surface area contributed by atoms with Gasteiger partial charge in [0.1, 0.15) is 23.0 Å². The Balaban J connectivity index is 2.22. The van der Waals surface area contributed by atoms with Crippen LogP contribution < -0.4 is 18.9 Å². The molecule has 1 unspecified atom stereocenters. The van der Waals surface area contributed by atoms with Crippen LogP contribution in [-0.4, -0.2) is 28.4 Å². The van der Waals surface area contributed by atoms with E-state index in [9.17, 15) is 0 Å². The number of ether oxygens (including phenoxy) is 4. The van der Waals surface area contributed by atoms with E-state index in [0.717, 1.165) is 22.4 Å². The van der Waals surface area contributed by atoms with Crippen LogP contribution >= 0.6 is 0 Å². The molecule has 0 radical (unpaired) electrons. The molecule has 0 saturated carbocycles. The van der Waals surface area contributed by atoms with E-state index in [1.165, 1.54) is 0 Å². The summed E-state index contributed by atoms with van der Waals surface area (Å²) < 4.78 is 22.2. The van der Waals surface area contributed by atoms with Crippen LogP contribution in [0.25, 0.3) is 0 Å². The van der Waals surface area contributed by atoms with Crippen LogP contribution in [0.5, 0.6) is 23.0 Å². The second-order valence-electron chi connectivity index (χ2n) is 6.29. The van der Waals surface area contributed by atoms with Crippen LogP contribution in [0.15, 0.2) is 66.7 Å². The highest BCUT2D eigenvalue weighted by molar-refractivity contribution is 5.59. The highest BCUT2D eigenvalue weighted by Gasteiger charge is 2.23. The molecule has 0 aliphatic heterocycles. The van der Waals surface area contributed by atoms with Crippen LogP contribution in [0, 0.1) is 11.8 Å². The maximum absolute atomic E-state index is 5.68. The molecule has 0 saturated heterocycles. The Morgan fingerprint density at radius 3 is 1.90 bits per heavy atom. The summed E-state index contributed by atoms with van der Waals surface area (Å²) in [4.78, 5) is 0. The minimum Gasteiger partial charge on any atom is -0.497 e. The molecular weight excluding hydrogens is 364 g/mol. The number of hydrogen-bond donors (Lipinski definition) is 0. The molecule has 0 aliphatic carbocycles. The van der Waals surface area contributed by atoms with E-state index in [1.807, 2.05) is 66.7 Å². The second-order valence-corrected chi connectivity index (χ2v) is 6.29. The Morgan fingerprint density at radius 2 is 1.31 bits per heavy atom. The van der Waals surface area contributed by atoms with Crippen LogP contribution in [0.1, 0.15) is 22.6 Å². The van der Waals surface area contributed by atoms with Crippen molar-refractivity contribution in [3.63, 3.8) is 0 Å². The largest absolute Gasteiger partial charge is 0.497 e. The quantitative estimate of drug-likeness (QED) is 0.563. The van der Waals surface area contributed by atoms with Gasteiger partial charge in [0.05, 0.1) is 39.9 Å². The lowest BCUT2D eigenvalue weighted by molar-refractivity contribution is 0.368. The van der Waals surface area contributed by atoms with Gasteiger partial charge < -0.3 is 18.9 Å². The van der Waals surface area contributed by atoms with Crippen molar-refractivity contribution in [1.29, 1.82) is 0 Å². The van der Waals surface area contributed by atoms with Crippen molar-refractivity contribution in [2.24, 2.45) is 0 Å². The first-order chi connectivity index (χ1) is 14.2. The SMILES string of the molecule is COc1cccc(C(C#Cc2ccccc2)c2c(OC)cc(OC)cc2OC)c1. The maximum atomic E-state index is 5.68. The van der Waals surface area contributed by atoms with E-state index in [-0.39, 0.29) is 5.92 Å². The number of rotatable bonds is 6. The van der Waals surface area contributed by atoms with Gasteiger partial charge in [-0.1, -0.05) is 42.2 Å². The highest BCUT2D eigenvalue weighted by atomic mass is 16.5. The lowest BCUT2D eigenvalue weighted by atomic mass is 9.89. The smallest absolute Gasteiger partial charge is 0.131 e. The average molecular weight is 388 g/mol. The van der Waals surface area contributed by atoms with Crippen molar-refractivity contribution in [3.8, 4) is 34.8 Å². The van der Waals surface area contributed by atoms with Crippen molar-refractivity contribution in [1.82, 2.24) is 0 Å². The first-order valence-electron chi connectivity index (χ1n) is 9.20. The summed E-state index contributed by atoms with van der Waals surface area (Å²) in [6.07, 6.45) is 0.